The number of aliphatic hydroxyl groups excluding tert-OH is 3. The SMILES string of the molecule is COC1/C=C/OC2(C)Oc3c(C)c(O)c4c(O)c(c(/C=N\NC(=O)Cc5ccccc5CO)c(O)c4c3C2=O)NC(=O)/C(C)=C/C=C/C(C)C(O)C(C)C(O)C(C)C(OC(C)=O)C1C. The average Bonchev–Trinajstić information content (AvgIpc) is 3.52. The van der Waals surface area contributed by atoms with Crippen LogP contribution in [0.15, 0.2) is 65.5 Å². The van der Waals surface area contributed by atoms with Gasteiger partial charge in [-0.15, -0.1) is 0 Å². The molecule has 8 N–H and O–H groups in total. The number of carbonyl (C=O) groups excluding carboxylic acids is 4. The van der Waals surface area contributed by atoms with E-state index in [-0.39, 0.29) is 46.4 Å². The van der Waals surface area contributed by atoms with Gasteiger partial charge in [-0.1, -0.05) is 70.2 Å². The Kier molecular flexibility index (Phi) is 15.3. The predicted molar refractivity (Wildman–Crippen MR) is 236 cm³/mol. The van der Waals surface area contributed by atoms with Gasteiger partial charge in [0.1, 0.15) is 23.4 Å². The minimum absolute atomic E-state index is 0.0200. The minimum atomic E-state index is -2.13. The van der Waals surface area contributed by atoms with Crippen molar-refractivity contribution < 1.29 is 68.8 Å². The van der Waals surface area contributed by atoms with Crippen LogP contribution in [-0.2, 0) is 41.6 Å². The third-order valence-electron chi connectivity index (χ3n) is 12.1. The third-order valence-corrected chi connectivity index (χ3v) is 12.1. The number of carbonyl (C=O) groups is 4. The van der Waals surface area contributed by atoms with Crippen LogP contribution in [0.5, 0.6) is 23.0 Å². The van der Waals surface area contributed by atoms with Crippen LogP contribution in [0, 0.1) is 30.6 Å². The standard InChI is InChI=1S/C47H57N3O14/c1-22-13-12-14-23(2)46(60)49-37-31(20-48-50-33(53)19-29-15-10-11-16-30(29)21-51)41(57)34-35(42(37)58)40(56)27(6)44-36(34)45(59)47(8,64-44)62-18-17-32(61-9)24(3)43(63-28(7)52)26(5)39(55)25(4)38(22)54/h10-18,20,22,24-26,32,38-39,43,51,54-58H,19,21H2,1-9H3,(H,49,60)(H,50,53)/b13-12+,18-17+,23-14+,48-20-. The van der Waals surface area contributed by atoms with Gasteiger partial charge in [-0.25, -0.2) is 5.43 Å². The Morgan fingerprint density at radius 2 is 1.61 bits per heavy atom. The van der Waals surface area contributed by atoms with Crippen molar-refractivity contribution in [3.8, 4) is 23.0 Å². The van der Waals surface area contributed by atoms with Gasteiger partial charge in [0.2, 0.25) is 5.91 Å². The number of hydrogen-bond donors (Lipinski definition) is 8. The number of Topliss-reactive ketones (excluding diaryl/α,β-unsaturated/α-hetero) is 1. The van der Waals surface area contributed by atoms with Crippen molar-refractivity contribution in [2.45, 2.75) is 98.6 Å². The molecule has 0 radical (unpaired) electrons. The van der Waals surface area contributed by atoms with Gasteiger partial charge in [0.15, 0.2) is 5.75 Å². The van der Waals surface area contributed by atoms with Gasteiger partial charge in [-0.05, 0) is 31.1 Å². The number of methoxy groups -OCH3 is 1. The summed E-state index contributed by atoms with van der Waals surface area (Å²) < 4.78 is 23.5. The summed E-state index contributed by atoms with van der Waals surface area (Å²) in [7, 11) is 1.41. The summed E-state index contributed by atoms with van der Waals surface area (Å²) in [5.74, 6) is -9.94. The number of aliphatic hydroxyl groups is 3. The van der Waals surface area contributed by atoms with Gasteiger partial charge < -0.3 is 54.9 Å². The Labute approximate surface area is 370 Å². The summed E-state index contributed by atoms with van der Waals surface area (Å²) in [5.41, 5.74) is 2.33. The molecule has 3 heterocycles. The van der Waals surface area contributed by atoms with Gasteiger partial charge >= 0.3 is 11.8 Å². The number of esters is 1. The largest absolute Gasteiger partial charge is 0.507 e. The van der Waals surface area contributed by atoms with E-state index in [0.29, 0.717) is 11.1 Å². The molecule has 17 nitrogen and oxygen atoms in total. The molecule has 0 aliphatic carbocycles. The van der Waals surface area contributed by atoms with E-state index in [2.05, 4.69) is 15.8 Å². The number of aromatic hydroxyl groups is 3. The maximum atomic E-state index is 14.5. The second-order valence-corrected chi connectivity index (χ2v) is 16.5. The number of hydrazone groups is 1. The molecule has 0 saturated heterocycles. The molecule has 0 spiro atoms. The number of benzene rings is 3. The molecule has 9 unspecified atom stereocenters. The fourth-order valence-electron chi connectivity index (χ4n) is 8.14. The Balaban J connectivity index is 1.68. The second-order valence-electron chi connectivity index (χ2n) is 16.5. The predicted octanol–water partition coefficient (Wildman–Crippen LogP) is 4.94. The number of anilines is 1. The van der Waals surface area contributed by atoms with E-state index < -0.39 is 106 Å². The number of rotatable bonds is 7. The molecule has 6 rings (SSSR count). The van der Waals surface area contributed by atoms with Crippen LogP contribution >= 0.6 is 0 Å². The lowest BCUT2D eigenvalue weighted by Crippen LogP contribution is -2.46. The molecular formula is C47H57N3O14. The topological polar surface area (TPSA) is 263 Å². The number of amides is 2. The number of ketones is 1. The molecule has 17 heteroatoms. The summed E-state index contributed by atoms with van der Waals surface area (Å²) in [5, 5.41) is 73.9. The van der Waals surface area contributed by atoms with Gasteiger partial charge in [0.05, 0.1) is 66.0 Å². The third kappa shape index (κ3) is 9.77. The van der Waals surface area contributed by atoms with Crippen molar-refractivity contribution in [2.24, 2.45) is 28.8 Å². The van der Waals surface area contributed by atoms with Crippen LogP contribution in [0.2, 0.25) is 0 Å². The van der Waals surface area contributed by atoms with E-state index in [4.69, 9.17) is 18.9 Å². The summed E-state index contributed by atoms with van der Waals surface area (Å²) in [6.45, 7) is 11.9. The van der Waals surface area contributed by atoms with Crippen LogP contribution < -0.4 is 15.5 Å². The van der Waals surface area contributed by atoms with E-state index in [1.165, 1.54) is 53.0 Å². The van der Waals surface area contributed by atoms with Crippen LogP contribution in [0.4, 0.5) is 5.69 Å². The second kappa shape index (κ2) is 20.1. The number of phenolic OH excluding ortho intramolecular Hbond substituents is 3. The molecule has 0 saturated carbocycles. The molecule has 344 valence electrons. The molecule has 0 aromatic heterocycles. The fraction of sp³-hybridized carbons (Fsp3) is 0.426. The highest BCUT2D eigenvalue weighted by Crippen LogP contribution is 2.55. The molecule has 3 aromatic rings. The monoisotopic (exact) mass is 887 g/mol. The Morgan fingerprint density at radius 3 is 2.25 bits per heavy atom. The van der Waals surface area contributed by atoms with Crippen molar-refractivity contribution in [3.05, 3.63) is 88.2 Å². The fourth-order valence-corrected chi connectivity index (χ4v) is 8.14. The average molecular weight is 888 g/mol. The molecular weight excluding hydrogens is 831 g/mol. The molecule has 5 bridgehead atoms. The van der Waals surface area contributed by atoms with Crippen molar-refractivity contribution in [1.29, 1.82) is 0 Å². The number of phenols is 3. The Bertz CT molecular complexity index is 2420. The highest BCUT2D eigenvalue weighted by Gasteiger charge is 2.50. The quantitative estimate of drug-likeness (QED) is 0.0514. The number of fused-ring (bicyclic) bond motifs is 14. The van der Waals surface area contributed by atoms with Gasteiger partial charge in [-0.2, -0.15) is 5.10 Å². The van der Waals surface area contributed by atoms with Crippen LogP contribution in [0.3, 0.4) is 0 Å². The first kappa shape index (κ1) is 48.8. The van der Waals surface area contributed by atoms with Crippen LogP contribution in [-0.4, -0.2) is 97.7 Å². The highest BCUT2D eigenvalue weighted by atomic mass is 16.7. The first-order valence-corrected chi connectivity index (χ1v) is 20.8. The molecule has 2 amide bonds. The van der Waals surface area contributed by atoms with Crippen molar-refractivity contribution in [1.82, 2.24) is 5.43 Å². The van der Waals surface area contributed by atoms with Crippen molar-refractivity contribution in [2.75, 3.05) is 12.4 Å². The molecule has 9 atom stereocenters. The number of hydrogen-bond acceptors (Lipinski definition) is 15. The molecule has 3 aromatic carbocycles. The molecule has 3 aliphatic heterocycles. The maximum Gasteiger partial charge on any atom is 0.312 e. The van der Waals surface area contributed by atoms with E-state index in [0.717, 1.165) is 12.5 Å². The van der Waals surface area contributed by atoms with Crippen LogP contribution in [0.25, 0.3) is 10.8 Å². The molecule has 3 aliphatic rings. The first-order chi connectivity index (χ1) is 30.2. The van der Waals surface area contributed by atoms with Gasteiger partial charge in [-0.3, -0.25) is 19.2 Å². The number of ether oxygens (including phenoxy) is 4. The van der Waals surface area contributed by atoms with Gasteiger partial charge in [0.25, 0.3) is 11.7 Å². The number of allylic oxidation sites excluding steroid dienone is 2. The summed E-state index contributed by atoms with van der Waals surface area (Å²) in [4.78, 5) is 53.6. The Hall–Kier alpha value is -6.27. The van der Waals surface area contributed by atoms with E-state index >= 15 is 0 Å². The lowest BCUT2D eigenvalue weighted by atomic mass is 9.78. The summed E-state index contributed by atoms with van der Waals surface area (Å²) >= 11 is 0. The lowest BCUT2D eigenvalue weighted by Gasteiger charge is -2.38. The number of nitrogens with one attached hydrogen (secondary N) is 2. The van der Waals surface area contributed by atoms with Gasteiger partial charge in [0, 0.05) is 61.2 Å². The lowest BCUT2D eigenvalue weighted by molar-refractivity contribution is -0.160. The zero-order chi connectivity index (χ0) is 47.4. The summed E-state index contributed by atoms with van der Waals surface area (Å²) in [6.07, 6.45) is 3.89. The molecule has 64 heavy (non-hydrogen) atoms. The first-order valence-electron chi connectivity index (χ1n) is 20.8. The Morgan fingerprint density at radius 1 is 0.938 bits per heavy atom. The van der Waals surface area contributed by atoms with E-state index in [1.807, 2.05) is 0 Å². The van der Waals surface area contributed by atoms with Crippen LogP contribution in [0.1, 0.15) is 81.1 Å². The maximum absolute atomic E-state index is 14.5. The normalized spacial score (nSPS) is 28.5. The zero-order valence-electron chi connectivity index (χ0n) is 37.2. The highest BCUT2D eigenvalue weighted by molar-refractivity contribution is 6.24. The molecule has 0 fully saturated rings. The minimum Gasteiger partial charge on any atom is -0.507 e. The van der Waals surface area contributed by atoms with Crippen molar-refractivity contribution >= 4 is 46.2 Å². The summed E-state index contributed by atoms with van der Waals surface area (Å²) in [6, 6.07) is 6.72. The number of nitrogens with zero attached hydrogens (tertiary/aromatic N) is 1. The van der Waals surface area contributed by atoms with E-state index in [1.54, 1.807) is 58.0 Å². The van der Waals surface area contributed by atoms with Crippen molar-refractivity contribution in [3.63, 3.8) is 0 Å². The van der Waals surface area contributed by atoms with E-state index in [9.17, 15) is 49.8 Å². The zero-order valence-corrected chi connectivity index (χ0v) is 37.2. The smallest absolute Gasteiger partial charge is 0.312 e.